The van der Waals surface area contributed by atoms with Crippen molar-refractivity contribution in [3.05, 3.63) is 42.0 Å². The molecule has 0 saturated carbocycles. The van der Waals surface area contributed by atoms with E-state index in [1.54, 1.807) is 24.3 Å². The Morgan fingerprint density at radius 1 is 1.22 bits per heavy atom. The number of nitrogens with one attached hydrogen (secondary N) is 1. The van der Waals surface area contributed by atoms with E-state index in [0.29, 0.717) is 0 Å². The molecule has 1 aromatic carbocycles. The fourth-order valence-corrected chi connectivity index (χ4v) is 2.52. The summed E-state index contributed by atoms with van der Waals surface area (Å²) >= 11 is 0. The first-order valence-corrected chi connectivity index (χ1v) is 7.38. The Hall–Kier alpha value is -1.62. The Balaban J connectivity index is 2.14. The van der Waals surface area contributed by atoms with E-state index in [1.165, 1.54) is 0 Å². The molecule has 4 nitrogen and oxygen atoms in total. The maximum atomic E-state index is 11.9. The number of allylic oxidation sites excluding steroid dienone is 2. The molecular formula is C13H16N2O2S. The van der Waals surface area contributed by atoms with E-state index in [9.17, 15) is 8.42 Å². The van der Waals surface area contributed by atoms with E-state index in [-0.39, 0.29) is 4.90 Å². The molecular weight excluding hydrogens is 248 g/mol. The van der Waals surface area contributed by atoms with Crippen LogP contribution in [-0.4, -0.2) is 14.1 Å². The third-order valence-corrected chi connectivity index (χ3v) is 3.98. The van der Waals surface area contributed by atoms with Crippen LogP contribution in [-0.2, 0) is 10.0 Å². The van der Waals surface area contributed by atoms with Gasteiger partial charge in [0, 0.05) is 0 Å². The highest BCUT2D eigenvalue weighted by atomic mass is 32.2. The van der Waals surface area contributed by atoms with Gasteiger partial charge in [-0.2, -0.15) is 18.4 Å². The summed E-state index contributed by atoms with van der Waals surface area (Å²) in [5, 5.41) is 3.95. The standard InChI is InChI=1S/C13H16N2O2S/c1-11-7-9-13(10-8-11)18(16,17)15-14-12-5-3-2-4-6-12/h3,5,7-10,15H,2,4,6H2,1H3/b14-12-. The number of aryl methyl sites for hydroxylation is 1. The lowest BCUT2D eigenvalue weighted by Gasteiger charge is -2.08. The molecule has 96 valence electrons. The number of hydrazone groups is 1. The van der Waals surface area contributed by atoms with Gasteiger partial charge in [0.1, 0.15) is 0 Å². The smallest absolute Gasteiger partial charge is 0.200 e. The molecule has 0 aliphatic heterocycles. The Kier molecular flexibility index (Phi) is 3.81. The minimum absolute atomic E-state index is 0.234. The van der Waals surface area contributed by atoms with Crippen molar-refractivity contribution < 1.29 is 8.42 Å². The summed E-state index contributed by atoms with van der Waals surface area (Å²) < 4.78 is 23.9. The zero-order chi connectivity index (χ0) is 13.0. The van der Waals surface area contributed by atoms with Crippen molar-refractivity contribution in [3.63, 3.8) is 0 Å². The summed E-state index contributed by atoms with van der Waals surface area (Å²) in [5.74, 6) is 0. The largest absolute Gasteiger partial charge is 0.276 e. The quantitative estimate of drug-likeness (QED) is 0.852. The Labute approximate surface area is 107 Å². The zero-order valence-corrected chi connectivity index (χ0v) is 11.1. The number of sulfonamides is 1. The predicted octanol–water partition coefficient (Wildman–Crippen LogP) is 2.37. The van der Waals surface area contributed by atoms with Crippen LogP contribution in [0, 0.1) is 6.92 Å². The Morgan fingerprint density at radius 3 is 2.56 bits per heavy atom. The highest BCUT2D eigenvalue weighted by molar-refractivity contribution is 7.89. The summed E-state index contributed by atoms with van der Waals surface area (Å²) in [6.07, 6.45) is 6.72. The Morgan fingerprint density at radius 2 is 1.94 bits per heavy atom. The summed E-state index contributed by atoms with van der Waals surface area (Å²) in [5.41, 5.74) is 1.80. The molecule has 0 heterocycles. The van der Waals surface area contributed by atoms with Crippen LogP contribution < -0.4 is 4.83 Å². The molecule has 0 bridgehead atoms. The van der Waals surface area contributed by atoms with Gasteiger partial charge in [-0.05, 0) is 44.4 Å². The first-order chi connectivity index (χ1) is 8.58. The lowest BCUT2D eigenvalue weighted by atomic mass is 10.1. The molecule has 1 aliphatic rings. The number of benzene rings is 1. The van der Waals surface area contributed by atoms with Gasteiger partial charge < -0.3 is 0 Å². The molecule has 5 heteroatoms. The van der Waals surface area contributed by atoms with Gasteiger partial charge in [-0.25, -0.2) is 0 Å². The van der Waals surface area contributed by atoms with Crippen molar-refractivity contribution in [3.8, 4) is 0 Å². The van der Waals surface area contributed by atoms with Gasteiger partial charge in [0.2, 0.25) is 0 Å². The lowest BCUT2D eigenvalue weighted by Crippen LogP contribution is -2.20. The van der Waals surface area contributed by atoms with Crippen molar-refractivity contribution in [2.75, 3.05) is 0 Å². The fourth-order valence-electron chi connectivity index (χ4n) is 1.69. The number of hydrogen-bond donors (Lipinski definition) is 1. The summed E-state index contributed by atoms with van der Waals surface area (Å²) in [4.78, 5) is 2.51. The van der Waals surface area contributed by atoms with Crippen LogP contribution in [0.2, 0.25) is 0 Å². The molecule has 0 saturated heterocycles. The third kappa shape index (κ3) is 3.20. The molecule has 0 atom stereocenters. The van der Waals surface area contributed by atoms with Crippen LogP contribution in [0.4, 0.5) is 0 Å². The maximum absolute atomic E-state index is 11.9. The van der Waals surface area contributed by atoms with Gasteiger partial charge in [-0.1, -0.05) is 23.8 Å². The molecule has 1 aliphatic carbocycles. The second-order valence-electron chi connectivity index (χ2n) is 4.31. The van der Waals surface area contributed by atoms with E-state index >= 15 is 0 Å². The van der Waals surface area contributed by atoms with E-state index in [1.807, 2.05) is 19.1 Å². The van der Waals surface area contributed by atoms with Crippen molar-refractivity contribution in [2.24, 2.45) is 5.10 Å². The molecule has 0 amide bonds. The molecule has 0 fully saturated rings. The zero-order valence-electron chi connectivity index (χ0n) is 10.3. The third-order valence-electron chi connectivity index (χ3n) is 2.75. The number of hydrogen-bond acceptors (Lipinski definition) is 3. The van der Waals surface area contributed by atoms with Crippen LogP contribution in [0.5, 0.6) is 0 Å². The van der Waals surface area contributed by atoms with Crippen molar-refractivity contribution in [2.45, 2.75) is 31.1 Å². The van der Waals surface area contributed by atoms with E-state index in [2.05, 4.69) is 9.93 Å². The fraction of sp³-hybridized carbons (Fsp3) is 0.308. The average Bonchev–Trinajstić information content (AvgIpc) is 2.38. The second kappa shape index (κ2) is 5.35. The predicted molar refractivity (Wildman–Crippen MR) is 71.9 cm³/mol. The Bertz CT molecular complexity index is 572. The molecule has 0 spiro atoms. The van der Waals surface area contributed by atoms with Gasteiger partial charge in [0.15, 0.2) is 0 Å². The first-order valence-electron chi connectivity index (χ1n) is 5.89. The second-order valence-corrected chi connectivity index (χ2v) is 5.97. The topological polar surface area (TPSA) is 58.5 Å². The van der Waals surface area contributed by atoms with Gasteiger partial charge in [-0.15, -0.1) is 0 Å². The van der Waals surface area contributed by atoms with Gasteiger partial charge in [0.25, 0.3) is 10.0 Å². The summed E-state index contributed by atoms with van der Waals surface area (Å²) in [6.45, 7) is 1.91. The molecule has 1 N–H and O–H groups in total. The number of rotatable bonds is 3. The average molecular weight is 264 g/mol. The summed E-state index contributed by atoms with van der Waals surface area (Å²) in [7, 11) is -3.55. The minimum atomic E-state index is -3.55. The molecule has 1 aromatic rings. The highest BCUT2D eigenvalue weighted by Gasteiger charge is 2.12. The van der Waals surface area contributed by atoms with Crippen LogP contribution in [0.15, 0.2) is 46.4 Å². The maximum Gasteiger partial charge on any atom is 0.276 e. The number of nitrogens with zero attached hydrogens (tertiary/aromatic N) is 1. The molecule has 2 rings (SSSR count). The van der Waals surface area contributed by atoms with E-state index in [4.69, 9.17) is 0 Å². The van der Waals surface area contributed by atoms with Crippen molar-refractivity contribution >= 4 is 15.7 Å². The van der Waals surface area contributed by atoms with Crippen molar-refractivity contribution in [1.29, 1.82) is 0 Å². The highest BCUT2D eigenvalue weighted by Crippen LogP contribution is 2.11. The monoisotopic (exact) mass is 264 g/mol. The van der Waals surface area contributed by atoms with E-state index in [0.717, 1.165) is 30.5 Å². The SMILES string of the molecule is Cc1ccc(S(=O)(=O)N/N=C2/C=CCCC2)cc1. The lowest BCUT2D eigenvalue weighted by molar-refractivity contribution is 0.584. The van der Waals surface area contributed by atoms with Gasteiger partial charge in [-0.3, -0.25) is 0 Å². The molecule has 18 heavy (non-hydrogen) atoms. The first kappa shape index (κ1) is 12.8. The van der Waals surface area contributed by atoms with Crippen LogP contribution in [0.3, 0.4) is 0 Å². The van der Waals surface area contributed by atoms with Gasteiger partial charge >= 0.3 is 0 Å². The van der Waals surface area contributed by atoms with Crippen LogP contribution in [0.1, 0.15) is 24.8 Å². The molecule has 0 aromatic heterocycles. The summed E-state index contributed by atoms with van der Waals surface area (Å²) in [6, 6.07) is 6.69. The van der Waals surface area contributed by atoms with Crippen LogP contribution >= 0.6 is 0 Å². The molecule has 0 unspecified atom stereocenters. The van der Waals surface area contributed by atoms with Crippen LogP contribution in [0.25, 0.3) is 0 Å². The molecule has 0 radical (unpaired) electrons. The minimum Gasteiger partial charge on any atom is -0.200 e. The van der Waals surface area contributed by atoms with Crippen molar-refractivity contribution in [1.82, 2.24) is 4.83 Å². The van der Waals surface area contributed by atoms with E-state index < -0.39 is 10.0 Å². The normalized spacial score (nSPS) is 17.9. The van der Waals surface area contributed by atoms with Gasteiger partial charge in [0.05, 0.1) is 10.6 Å².